The van der Waals surface area contributed by atoms with E-state index in [0.29, 0.717) is 42.0 Å². The number of nitrogens with one attached hydrogen (secondary N) is 2. The number of benzene rings is 2. The van der Waals surface area contributed by atoms with Crippen molar-refractivity contribution in [1.29, 1.82) is 0 Å². The Kier molecular flexibility index (Phi) is 6.14. The van der Waals surface area contributed by atoms with Gasteiger partial charge < -0.3 is 20.1 Å². The van der Waals surface area contributed by atoms with Gasteiger partial charge in [0, 0.05) is 36.9 Å². The second-order valence-electron chi connectivity index (χ2n) is 8.39. The van der Waals surface area contributed by atoms with Crippen LogP contribution >= 0.6 is 0 Å². The summed E-state index contributed by atoms with van der Waals surface area (Å²) in [5, 5.41) is 11.0. The maximum atomic E-state index is 12.5. The van der Waals surface area contributed by atoms with E-state index in [2.05, 4.69) is 15.7 Å². The molecule has 0 unspecified atom stereocenters. The molecule has 2 heterocycles. The molecule has 0 saturated heterocycles. The standard InChI is InChI=1S/C26H27N5O3/c1-17-14-18(8-11-21(17)26(32)29-19-9-10-19)22-16-28-31-23(27-12-13-33-2)15-24(30-25(22)31)34-20-6-4-3-5-7-20/h3-8,11,14-16,19,27H,9-10,12-13H2,1-2H3,(H,29,32). The number of carbonyl (C=O) groups excluding carboxylic acids is 1. The predicted molar refractivity (Wildman–Crippen MR) is 131 cm³/mol. The van der Waals surface area contributed by atoms with E-state index >= 15 is 0 Å². The van der Waals surface area contributed by atoms with Gasteiger partial charge in [-0.05, 0) is 49.1 Å². The number of aromatic nitrogens is 3. The Labute approximate surface area is 197 Å². The van der Waals surface area contributed by atoms with Crippen LogP contribution < -0.4 is 15.4 Å². The highest BCUT2D eigenvalue weighted by molar-refractivity contribution is 5.97. The third-order valence-corrected chi connectivity index (χ3v) is 5.72. The average Bonchev–Trinajstić information content (AvgIpc) is 3.55. The lowest BCUT2D eigenvalue weighted by Crippen LogP contribution is -2.26. The van der Waals surface area contributed by atoms with E-state index in [9.17, 15) is 4.79 Å². The summed E-state index contributed by atoms with van der Waals surface area (Å²) in [6.07, 6.45) is 3.91. The fourth-order valence-corrected chi connectivity index (χ4v) is 3.79. The van der Waals surface area contributed by atoms with Gasteiger partial charge in [-0.25, -0.2) is 0 Å². The van der Waals surface area contributed by atoms with Crippen molar-refractivity contribution < 1.29 is 14.3 Å². The van der Waals surface area contributed by atoms with Gasteiger partial charge in [-0.15, -0.1) is 0 Å². The normalized spacial score (nSPS) is 13.1. The number of ether oxygens (including phenoxy) is 2. The molecule has 0 bridgehead atoms. The molecule has 1 fully saturated rings. The van der Waals surface area contributed by atoms with Gasteiger partial charge >= 0.3 is 0 Å². The monoisotopic (exact) mass is 457 g/mol. The van der Waals surface area contributed by atoms with Gasteiger partial charge in [-0.2, -0.15) is 14.6 Å². The number of carbonyl (C=O) groups is 1. The molecule has 4 aromatic rings. The van der Waals surface area contributed by atoms with Crippen molar-refractivity contribution in [3.8, 4) is 22.8 Å². The summed E-state index contributed by atoms with van der Waals surface area (Å²) < 4.78 is 13.0. The number of methoxy groups -OCH3 is 1. The van der Waals surface area contributed by atoms with Crippen LogP contribution in [0.2, 0.25) is 0 Å². The molecule has 2 aromatic carbocycles. The maximum Gasteiger partial charge on any atom is 0.251 e. The van der Waals surface area contributed by atoms with Gasteiger partial charge in [0.05, 0.1) is 12.8 Å². The quantitative estimate of drug-likeness (QED) is 0.361. The van der Waals surface area contributed by atoms with Gasteiger partial charge in [0.2, 0.25) is 5.88 Å². The summed E-state index contributed by atoms with van der Waals surface area (Å²) in [5.41, 5.74) is 4.04. The van der Waals surface area contributed by atoms with Gasteiger partial charge in [0.1, 0.15) is 11.6 Å². The Balaban J connectivity index is 1.51. The van der Waals surface area contributed by atoms with Gasteiger partial charge in [-0.3, -0.25) is 4.79 Å². The number of aryl methyl sites for hydroxylation is 1. The third-order valence-electron chi connectivity index (χ3n) is 5.72. The van der Waals surface area contributed by atoms with Crippen LogP contribution in [0.4, 0.5) is 5.82 Å². The van der Waals surface area contributed by atoms with E-state index < -0.39 is 0 Å². The molecule has 1 aliphatic carbocycles. The van der Waals surface area contributed by atoms with Crippen LogP contribution in [0.25, 0.3) is 16.8 Å². The van der Waals surface area contributed by atoms with E-state index in [4.69, 9.17) is 14.5 Å². The first kappa shape index (κ1) is 21.9. The van der Waals surface area contributed by atoms with E-state index in [1.165, 1.54) is 0 Å². The molecule has 0 spiro atoms. The second-order valence-corrected chi connectivity index (χ2v) is 8.39. The van der Waals surface area contributed by atoms with Crippen molar-refractivity contribution >= 4 is 17.4 Å². The zero-order chi connectivity index (χ0) is 23.5. The molecule has 34 heavy (non-hydrogen) atoms. The molecule has 1 amide bonds. The van der Waals surface area contributed by atoms with Crippen LogP contribution in [0, 0.1) is 6.92 Å². The van der Waals surface area contributed by atoms with Gasteiger partial charge in [-0.1, -0.05) is 30.3 Å². The number of amides is 1. The van der Waals surface area contributed by atoms with Crippen LogP contribution in [0.1, 0.15) is 28.8 Å². The Morgan fingerprint density at radius 2 is 1.97 bits per heavy atom. The van der Waals surface area contributed by atoms with Crippen LogP contribution in [0.3, 0.4) is 0 Å². The Morgan fingerprint density at radius 3 is 2.71 bits per heavy atom. The first-order valence-electron chi connectivity index (χ1n) is 11.4. The number of rotatable bonds is 9. The number of anilines is 1. The topological polar surface area (TPSA) is 89.8 Å². The fourth-order valence-electron chi connectivity index (χ4n) is 3.79. The smallest absolute Gasteiger partial charge is 0.251 e. The summed E-state index contributed by atoms with van der Waals surface area (Å²) in [7, 11) is 1.66. The molecule has 5 rings (SSSR count). The minimum atomic E-state index is -0.0206. The van der Waals surface area contributed by atoms with E-state index in [1.807, 2.05) is 61.5 Å². The first-order valence-corrected chi connectivity index (χ1v) is 11.4. The van der Waals surface area contributed by atoms with Gasteiger partial charge in [0.15, 0.2) is 5.65 Å². The van der Waals surface area contributed by atoms with Crippen LogP contribution in [0.15, 0.2) is 60.8 Å². The van der Waals surface area contributed by atoms with Gasteiger partial charge in [0.25, 0.3) is 5.91 Å². The molecular formula is C26H27N5O3. The summed E-state index contributed by atoms with van der Waals surface area (Å²) >= 11 is 0. The Hall–Kier alpha value is -3.91. The number of nitrogens with zero attached hydrogens (tertiary/aromatic N) is 3. The summed E-state index contributed by atoms with van der Waals surface area (Å²) in [6.45, 7) is 3.11. The molecule has 1 saturated carbocycles. The van der Waals surface area contributed by atoms with Crippen LogP contribution in [-0.2, 0) is 4.74 Å². The molecule has 0 aliphatic heterocycles. The minimum Gasteiger partial charge on any atom is -0.439 e. The minimum absolute atomic E-state index is 0.0206. The number of hydrogen-bond donors (Lipinski definition) is 2. The average molecular weight is 458 g/mol. The fraction of sp³-hybridized carbons (Fsp3) is 0.269. The van der Waals surface area contributed by atoms with Crippen molar-refractivity contribution in [1.82, 2.24) is 19.9 Å². The SMILES string of the molecule is COCCNc1cc(Oc2ccccc2)nc2c(-c3ccc(C(=O)NC4CC4)c(C)c3)cnn12. The maximum absolute atomic E-state index is 12.5. The number of hydrogen-bond acceptors (Lipinski definition) is 6. The molecule has 8 nitrogen and oxygen atoms in total. The van der Waals surface area contributed by atoms with Crippen LogP contribution in [0.5, 0.6) is 11.6 Å². The molecule has 2 aromatic heterocycles. The van der Waals surface area contributed by atoms with Crippen molar-refractivity contribution in [2.75, 3.05) is 25.6 Å². The zero-order valence-corrected chi connectivity index (χ0v) is 19.2. The lowest BCUT2D eigenvalue weighted by Gasteiger charge is -2.12. The number of para-hydroxylation sites is 1. The summed E-state index contributed by atoms with van der Waals surface area (Å²) in [5.74, 6) is 1.88. The van der Waals surface area contributed by atoms with Crippen molar-refractivity contribution in [3.05, 3.63) is 71.9 Å². The highest BCUT2D eigenvalue weighted by Gasteiger charge is 2.24. The molecular weight excluding hydrogens is 430 g/mol. The highest BCUT2D eigenvalue weighted by Crippen LogP contribution is 2.31. The number of fused-ring (bicyclic) bond motifs is 1. The van der Waals surface area contributed by atoms with Crippen molar-refractivity contribution in [2.24, 2.45) is 0 Å². The Bertz CT molecular complexity index is 1320. The van der Waals surface area contributed by atoms with E-state index in [-0.39, 0.29) is 5.91 Å². The first-order chi connectivity index (χ1) is 16.6. The molecule has 174 valence electrons. The van der Waals surface area contributed by atoms with E-state index in [1.54, 1.807) is 17.8 Å². The van der Waals surface area contributed by atoms with Crippen molar-refractivity contribution in [2.45, 2.75) is 25.8 Å². The van der Waals surface area contributed by atoms with E-state index in [0.717, 1.165) is 35.3 Å². The lowest BCUT2D eigenvalue weighted by atomic mass is 10.0. The lowest BCUT2D eigenvalue weighted by molar-refractivity contribution is 0.0950. The third kappa shape index (κ3) is 4.72. The molecule has 8 heteroatoms. The molecule has 2 N–H and O–H groups in total. The highest BCUT2D eigenvalue weighted by atomic mass is 16.5. The predicted octanol–water partition coefficient (Wildman–Crippen LogP) is 4.45. The molecule has 0 atom stereocenters. The Morgan fingerprint density at radius 1 is 1.15 bits per heavy atom. The molecule has 1 aliphatic rings. The summed E-state index contributed by atoms with van der Waals surface area (Å²) in [6, 6.07) is 17.5. The second kappa shape index (κ2) is 9.52. The molecule has 0 radical (unpaired) electrons. The largest absolute Gasteiger partial charge is 0.439 e. The van der Waals surface area contributed by atoms with Crippen LogP contribution in [-0.4, -0.2) is 46.8 Å². The van der Waals surface area contributed by atoms with Crippen molar-refractivity contribution in [3.63, 3.8) is 0 Å². The zero-order valence-electron chi connectivity index (χ0n) is 19.2. The summed E-state index contributed by atoms with van der Waals surface area (Å²) in [4.78, 5) is 17.3.